The van der Waals surface area contributed by atoms with E-state index in [2.05, 4.69) is 65.8 Å². The molecule has 0 aliphatic carbocycles. The Kier molecular flexibility index (Phi) is 4.07. The quantitative estimate of drug-likeness (QED) is 0.842. The van der Waals surface area contributed by atoms with Crippen LogP contribution in [0.2, 0.25) is 0 Å². The van der Waals surface area contributed by atoms with Gasteiger partial charge in [-0.25, -0.2) is 0 Å². The predicted molar refractivity (Wildman–Crippen MR) is 91.3 cm³/mol. The smallest absolute Gasteiger partial charge is 0.504 e. The molecule has 0 radical (unpaired) electrons. The van der Waals surface area contributed by atoms with Crippen LogP contribution < -0.4 is 4.65 Å². The van der Waals surface area contributed by atoms with Crippen molar-refractivity contribution >= 4 is 18.5 Å². The first kappa shape index (κ1) is 15.9. The summed E-state index contributed by atoms with van der Waals surface area (Å²) in [5.74, 6) is 0.750. The molecule has 0 aromatic heterocycles. The average Bonchev–Trinajstić information content (AvgIpc) is 2.36. The third-order valence-corrected chi connectivity index (χ3v) is 3.87. The summed E-state index contributed by atoms with van der Waals surface area (Å²) in [4.78, 5) is 0. The Hall–Kier alpha value is -1.48. The molecule has 0 unspecified atom stereocenters. The second-order valence-electron chi connectivity index (χ2n) is 7.68. The van der Waals surface area contributed by atoms with E-state index in [0.29, 0.717) is 0 Å². The molecule has 0 spiro atoms. The van der Waals surface area contributed by atoms with E-state index in [0.717, 1.165) is 11.1 Å². The van der Waals surface area contributed by atoms with Crippen molar-refractivity contribution in [1.29, 1.82) is 0 Å². The minimum Gasteiger partial charge on any atom is -0.538 e. The first-order chi connectivity index (χ1) is 9.63. The number of fused-ring (bicyclic) bond motifs is 1. The van der Waals surface area contributed by atoms with E-state index in [9.17, 15) is 0 Å². The highest BCUT2D eigenvalue weighted by atomic mass is 16.5. The molecule has 0 fully saturated rings. The molecule has 0 aliphatic rings. The summed E-state index contributed by atoms with van der Waals surface area (Å²) in [6.45, 7) is 13.2. The van der Waals surface area contributed by atoms with Crippen LogP contribution in [0.1, 0.15) is 52.7 Å². The van der Waals surface area contributed by atoms with E-state index in [-0.39, 0.29) is 18.5 Å². The Balaban J connectivity index is 2.71. The molecule has 1 N–H and O–H groups in total. The van der Waals surface area contributed by atoms with Crippen LogP contribution in [0.4, 0.5) is 0 Å². The minimum atomic E-state index is -0.302. The SMILES string of the molecule is CC(C)(C)c1ccc2c(OBO)cc(C(C)(C)C)cc2c1. The molecule has 0 saturated carbocycles. The molecule has 0 amide bonds. The van der Waals surface area contributed by atoms with E-state index in [4.69, 9.17) is 9.68 Å². The van der Waals surface area contributed by atoms with Gasteiger partial charge in [0.05, 0.1) is 0 Å². The van der Waals surface area contributed by atoms with Gasteiger partial charge in [-0.1, -0.05) is 65.8 Å². The van der Waals surface area contributed by atoms with Crippen LogP contribution in [-0.2, 0) is 10.8 Å². The molecule has 3 heteroatoms. The summed E-state index contributed by atoms with van der Waals surface area (Å²) in [6, 6.07) is 10.7. The van der Waals surface area contributed by atoms with Crippen molar-refractivity contribution in [2.24, 2.45) is 0 Å². The maximum absolute atomic E-state index is 9.13. The Morgan fingerprint density at radius 1 is 0.857 bits per heavy atom. The van der Waals surface area contributed by atoms with Crippen molar-refractivity contribution < 1.29 is 9.68 Å². The highest BCUT2D eigenvalue weighted by Crippen LogP contribution is 2.35. The molecule has 2 nitrogen and oxygen atoms in total. The fraction of sp³-hybridized carbons (Fsp3) is 0.444. The molecule has 0 atom stereocenters. The van der Waals surface area contributed by atoms with Crippen molar-refractivity contribution in [2.75, 3.05) is 0 Å². The summed E-state index contributed by atoms with van der Waals surface area (Å²) < 4.78 is 5.44. The topological polar surface area (TPSA) is 29.5 Å². The summed E-state index contributed by atoms with van der Waals surface area (Å²) in [5.41, 5.74) is 2.67. The van der Waals surface area contributed by atoms with Crippen LogP contribution in [0.25, 0.3) is 10.8 Å². The summed E-state index contributed by atoms with van der Waals surface area (Å²) in [5, 5.41) is 11.3. The molecule has 21 heavy (non-hydrogen) atoms. The Morgan fingerprint density at radius 2 is 1.43 bits per heavy atom. The lowest BCUT2D eigenvalue weighted by atomic mass is 9.83. The van der Waals surface area contributed by atoms with Gasteiger partial charge in [0.2, 0.25) is 0 Å². The van der Waals surface area contributed by atoms with Gasteiger partial charge in [-0.05, 0) is 33.4 Å². The average molecular weight is 284 g/mol. The standard InChI is InChI=1S/C18H25BO2/c1-17(2,3)13-7-8-15-12(9-13)10-14(18(4,5)6)11-16(15)21-19-20/h7-11,19-20H,1-6H3. The molecule has 2 rings (SSSR count). The zero-order valence-electron chi connectivity index (χ0n) is 13.9. The number of hydrogen-bond acceptors (Lipinski definition) is 2. The zero-order valence-corrected chi connectivity index (χ0v) is 13.9. The van der Waals surface area contributed by atoms with Crippen molar-refractivity contribution in [3.05, 3.63) is 41.5 Å². The van der Waals surface area contributed by atoms with Gasteiger partial charge in [0, 0.05) is 5.39 Å². The van der Waals surface area contributed by atoms with E-state index >= 15 is 0 Å². The Labute approximate surface area is 128 Å². The second-order valence-corrected chi connectivity index (χ2v) is 7.68. The van der Waals surface area contributed by atoms with Crippen LogP contribution in [0, 0.1) is 0 Å². The minimum absolute atomic E-state index is 0.0412. The molecular formula is C18H25BO2. The summed E-state index contributed by atoms with van der Waals surface area (Å²) >= 11 is 0. The van der Waals surface area contributed by atoms with Crippen molar-refractivity contribution in [1.82, 2.24) is 0 Å². The van der Waals surface area contributed by atoms with E-state index in [1.54, 1.807) is 0 Å². The van der Waals surface area contributed by atoms with E-state index in [1.807, 2.05) is 6.07 Å². The second kappa shape index (κ2) is 5.38. The molecular weight excluding hydrogens is 259 g/mol. The van der Waals surface area contributed by atoms with Crippen molar-refractivity contribution in [3.8, 4) is 5.75 Å². The number of hydrogen-bond donors (Lipinski definition) is 1. The van der Waals surface area contributed by atoms with Crippen LogP contribution in [0.15, 0.2) is 30.3 Å². The molecule has 2 aromatic carbocycles. The normalized spacial score (nSPS) is 12.5. The third-order valence-electron chi connectivity index (χ3n) is 3.87. The highest BCUT2D eigenvalue weighted by molar-refractivity contribution is 6.18. The molecule has 2 aromatic rings. The van der Waals surface area contributed by atoms with Gasteiger partial charge in [-0.2, -0.15) is 0 Å². The lowest BCUT2D eigenvalue weighted by Gasteiger charge is -2.23. The third kappa shape index (κ3) is 3.41. The molecule has 0 aliphatic heterocycles. The molecule has 0 saturated heterocycles. The molecule has 0 heterocycles. The molecule has 112 valence electrons. The lowest BCUT2D eigenvalue weighted by Crippen LogP contribution is -2.13. The predicted octanol–water partition coefficient (Wildman–Crippen LogP) is 4.07. The van der Waals surface area contributed by atoms with E-state index in [1.165, 1.54) is 16.5 Å². The number of rotatable bonds is 2. The van der Waals surface area contributed by atoms with Gasteiger partial charge in [0.15, 0.2) is 0 Å². The fourth-order valence-electron chi connectivity index (χ4n) is 2.42. The first-order valence-corrected chi connectivity index (χ1v) is 7.45. The van der Waals surface area contributed by atoms with Crippen LogP contribution >= 0.6 is 0 Å². The Bertz CT molecular complexity index is 643. The van der Waals surface area contributed by atoms with Crippen molar-refractivity contribution in [3.63, 3.8) is 0 Å². The fourth-order valence-corrected chi connectivity index (χ4v) is 2.42. The van der Waals surface area contributed by atoms with Crippen LogP contribution in [0.3, 0.4) is 0 Å². The van der Waals surface area contributed by atoms with Crippen molar-refractivity contribution in [2.45, 2.75) is 52.4 Å². The van der Waals surface area contributed by atoms with Gasteiger partial charge in [0.25, 0.3) is 0 Å². The van der Waals surface area contributed by atoms with Gasteiger partial charge in [-0.15, -0.1) is 0 Å². The maximum atomic E-state index is 9.13. The van der Waals surface area contributed by atoms with E-state index < -0.39 is 0 Å². The lowest BCUT2D eigenvalue weighted by molar-refractivity contribution is 0.455. The highest BCUT2D eigenvalue weighted by Gasteiger charge is 2.19. The monoisotopic (exact) mass is 284 g/mol. The number of benzene rings is 2. The summed E-state index contributed by atoms with van der Waals surface area (Å²) in [7, 11) is -0.302. The van der Waals surface area contributed by atoms with Gasteiger partial charge in [-0.3, -0.25) is 0 Å². The maximum Gasteiger partial charge on any atom is 0.504 e. The van der Waals surface area contributed by atoms with Gasteiger partial charge < -0.3 is 9.68 Å². The Morgan fingerprint density at radius 3 is 1.95 bits per heavy atom. The zero-order chi connectivity index (χ0) is 15.8. The molecule has 0 bridgehead atoms. The first-order valence-electron chi connectivity index (χ1n) is 7.45. The van der Waals surface area contributed by atoms with Gasteiger partial charge in [0.1, 0.15) is 5.75 Å². The van der Waals surface area contributed by atoms with Gasteiger partial charge >= 0.3 is 7.69 Å². The van der Waals surface area contributed by atoms with Crippen LogP contribution in [0.5, 0.6) is 5.75 Å². The van der Waals surface area contributed by atoms with Crippen LogP contribution in [-0.4, -0.2) is 12.7 Å². The largest absolute Gasteiger partial charge is 0.538 e. The summed E-state index contributed by atoms with van der Waals surface area (Å²) in [6.07, 6.45) is 0.